The zero-order chi connectivity index (χ0) is 14.3. The van der Waals surface area contributed by atoms with Crippen LogP contribution in [0.15, 0.2) is 15.7 Å². The van der Waals surface area contributed by atoms with Crippen LogP contribution in [-0.2, 0) is 25.4 Å². The summed E-state index contributed by atoms with van der Waals surface area (Å²) in [6.45, 7) is 1.33. The maximum atomic E-state index is 11.9. The van der Waals surface area contributed by atoms with Gasteiger partial charge in [0.05, 0.1) is 6.10 Å². The maximum absolute atomic E-state index is 11.9. The molecule has 0 aromatic carbocycles. The van der Waals surface area contributed by atoms with Crippen LogP contribution < -0.4 is 16.6 Å². The summed E-state index contributed by atoms with van der Waals surface area (Å²) in [5, 5.41) is 3.45. The van der Waals surface area contributed by atoms with Crippen LogP contribution in [0.4, 0.5) is 0 Å². The summed E-state index contributed by atoms with van der Waals surface area (Å²) >= 11 is 0. The van der Waals surface area contributed by atoms with Crippen molar-refractivity contribution in [2.75, 3.05) is 6.61 Å². The van der Waals surface area contributed by atoms with Crippen LogP contribution in [0.25, 0.3) is 0 Å². The van der Waals surface area contributed by atoms with E-state index in [-0.39, 0.29) is 11.2 Å². The lowest BCUT2D eigenvalue weighted by atomic mass is 10.1. The Labute approximate surface area is 117 Å². The first-order valence-electron chi connectivity index (χ1n) is 7.19. The average Bonchev–Trinajstić information content (AvgIpc) is 3.18. The fraction of sp³-hybridized carbons (Fsp3) is 0.714. The summed E-state index contributed by atoms with van der Waals surface area (Å²) in [7, 11) is 3.19. The Hall–Kier alpha value is -1.40. The molecule has 0 bridgehead atoms. The fourth-order valence-electron chi connectivity index (χ4n) is 2.90. The number of hydrogen-bond acceptors (Lipinski definition) is 4. The smallest absolute Gasteiger partial charge is 0.330 e. The van der Waals surface area contributed by atoms with Gasteiger partial charge in [-0.05, 0) is 25.2 Å². The van der Waals surface area contributed by atoms with E-state index >= 15 is 0 Å². The zero-order valence-electron chi connectivity index (χ0n) is 12.0. The van der Waals surface area contributed by atoms with Crippen LogP contribution >= 0.6 is 0 Å². The van der Waals surface area contributed by atoms with Crippen molar-refractivity contribution in [3.63, 3.8) is 0 Å². The molecular weight excluding hydrogens is 258 g/mol. The Balaban J connectivity index is 1.72. The first-order chi connectivity index (χ1) is 9.58. The van der Waals surface area contributed by atoms with Crippen LogP contribution in [0.1, 0.15) is 25.0 Å². The lowest BCUT2D eigenvalue weighted by molar-refractivity contribution is 0.0807. The summed E-state index contributed by atoms with van der Waals surface area (Å²) in [6.07, 6.45) is 3.82. The average molecular weight is 279 g/mol. The monoisotopic (exact) mass is 279 g/mol. The molecule has 0 amide bonds. The van der Waals surface area contributed by atoms with Crippen molar-refractivity contribution >= 4 is 0 Å². The van der Waals surface area contributed by atoms with Crippen molar-refractivity contribution < 1.29 is 4.74 Å². The number of nitrogens with zero attached hydrogens (tertiary/aromatic N) is 2. The molecule has 6 nitrogen and oxygen atoms in total. The van der Waals surface area contributed by atoms with E-state index in [4.69, 9.17) is 4.74 Å². The molecule has 0 radical (unpaired) electrons. The molecule has 2 fully saturated rings. The topological polar surface area (TPSA) is 65.3 Å². The van der Waals surface area contributed by atoms with Gasteiger partial charge in [0.1, 0.15) is 0 Å². The normalized spacial score (nSPS) is 26.1. The molecular formula is C14H21N3O3. The molecule has 20 heavy (non-hydrogen) atoms. The molecule has 1 aromatic heterocycles. The number of hydrogen-bond donors (Lipinski definition) is 1. The van der Waals surface area contributed by atoms with E-state index in [0.717, 1.165) is 23.3 Å². The second kappa shape index (κ2) is 5.18. The van der Waals surface area contributed by atoms with Gasteiger partial charge in [-0.25, -0.2) is 4.79 Å². The van der Waals surface area contributed by atoms with Crippen LogP contribution in [0, 0.1) is 5.92 Å². The standard InChI is InChI=1S/C14H21N3O3/c1-16-10(7-12(18)17(2)14(16)19)8-15-11-5-6-20-13(11)9-3-4-9/h7,9,11,13,15H,3-6,8H2,1-2H3. The zero-order valence-corrected chi connectivity index (χ0v) is 12.0. The van der Waals surface area contributed by atoms with Gasteiger partial charge in [0.2, 0.25) is 0 Å². The van der Waals surface area contributed by atoms with Gasteiger partial charge in [-0.3, -0.25) is 13.9 Å². The molecule has 2 unspecified atom stereocenters. The third-order valence-corrected chi connectivity index (χ3v) is 4.39. The van der Waals surface area contributed by atoms with Gasteiger partial charge in [-0.1, -0.05) is 0 Å². The van der Waals surface area contributed by atoms with Gasteiger partial charge in [-0.2, -0.15) is 0 Å². The Kier molecular flexibility index (Phi) is 3.52. The van der Waals surface area contributed by atoms with Crippen molar-refractivity contribution in [1.29, 1.82) is 0 Å². The van der Waals surface area contributed by atoms with Crippen LogP contribution in [0.3, 0.4) is 0 Å². The third-order valence-electron chi connectivity index (χ3n) is 4.39. The van der Waals surface area contributed by atoms with Crippen molar-refractivity contribution in [3.05, 3.63) is 32.6 Å². The Morgan fingerprint density at radius 3 is 2.70 bits per heavy atom. The minimum atomic E-state index is -0.282. The van der Waals surface area contributed by atoms with Gasteiger partial charge in [0.25, 0.3) is 5.56 Å². The lowest BCUT2D eigenvalue weighted by Gasteiger charge is -2.20. The van der Waals surface area contributed by atoms with Crippen LogP contribution in [0.5, 0.6) is 0 Å². The van der Waals surface area contributed by atoms with E-state index < -0.39 is 0 Å². The second-order valence-electron chi connectivity index (χ2n) is 5.82. The van der Waals surface area contributed by atoms with E-state index in [1.54, 1.807) is 7.05 Å². The number of nitrogens with one attached hydrogen (secondary N) is 1. The third kappa shape index (κ3) is 2.45. The van der Waals surface area contributed by atoms with Gasteiger partial charge in [0, 0.05) is 45.0 Å². The molecule has 3 rings (SSSR count). The summed E-state index contributed by atoms with van der Waals surface area (Å²) in [4.78, 5) is 23.6. The predicted octanol–water partition coefficient (Wildman–Crippen LogP) is -0.259. The quantitative estimate of drug-likeness (QED) is 0.825. The highest BCUT2D eigenvalue weighted by molar-refractivity contribution is 5.03. The Morgan fingerprint density at radius 1 is 1.25 bits per heavy atom. The van der Waals surface area contributed by atoms with E-state index in [0.29, 0.717) is 24.6 Å². The van der Waals surface area contributed by atoms with Gasteiger partial charge >= 0.3 is 5.69 Å². The van der Waals surface area contributed by atoms with Crippen LogP contribution in [0.2, 0.25) is 0 Å². The van der Waals surface area contributed by atoms with E-state index in [1.165, 1.54) is 30.5 Å². The largest absolute Gasteiger partial charge is 0.376 e. The molecule has 2 heterocycles. The summed E-state index contributed by atoms with van der Waals surface area (Å²) in [6, 6.07) is 1.86. The summed E-state index contributed by atoms with van der Waals surface area (Å²) < 4.78 is 8.42. The van der Waals surface area contributed by atoms with Crippen molar-refractivity contribution in [1.82, 2.24) is 14.5 Å². The van der Waals surface area contributed by atoms with Gasteiger partial charge in [0.15, 0.2) is 0 Å². The minimum Gasteiger partial charge on any atom is -0.376 e. The molecule has 1 saturated carbocycles. The van der Waals surface area contributed by atoms with Gasteiger partial charge < -0.3 is 10.1 Å². The van der Waals surface area contributed by atoms with Crippen molar-refractivity contribution in [2.24, 2.45) is 20.0 Å². The first-order valence-corrected chi connectivity index (χ1v) is 7.19. The lowest BCUT2D eigenvalue weighted by Crippen LogP contribution is -2.42. The number of ether oxygens (including phenoxy) is 1. The molecule has 1 aromatic rings. The molecule has 1 aliphatic heterocycles. The highest BCUT2D eigenvalue weighted by Crippen LogP contribution is 2.38. The SMILES string of the molecule is Cn1c(CNC2CCOC2C2CC2)cc(=O)n(C)c1=O. The molecule has 2 atom stereocenters. The fourth-order valence-corrected chi connectivity index (χ4v) is 2.90. The first kappa shape index (κ1) is 13.6. The minimum absolute atomic E-state index is 0.258. The predicted molar refractivity (Wildman–Crippen MR) is 74.6 cm³/mol. The van der Waals surface area contributed by atoms with E-state index in [2.05, 4.69) is 5.32 Å². The Bertz CT molecular complexity index is 615. The maximum Gasteiger partial charge on any atom is 0.330 e. The molecule has 1 aliphatic carbocycles. The highest BCUT2D eigenvalue weighted by atomic mass is 16.5. The molecule has 110 valence electrons. The van der Waals surface area contributed by atoms with Crippen molar-refractivity contribution in [3.8, 4) is 0 Å². The molecule has 0 spiro atoms. The van der Waals surface area contributed by atoms with E-state index in [9.17, 15) is 9.59 Å². The molecule has 2 aliphatic rings. The van der Waals surface area contributed by atoms with E-state index in [1.807, 2.05) is 0 Å². The van der Waals surface area contributed by atoms with Crippen LogP contribution in [-0.4, -0.2) is 27.9 Å². The molecule has 1 N–H and O–H groups in total. The number of aromatic nitrogens is 2. The van der Waals surface area contributed by atoms with Gasteiger partial charge in [-0.15, -0.1) is 0 Å². The second-order valence-corrected chi connectivity index (χ2v) is 5.82. The highest BCUT2D eigenvalue weighted by Gasteiger charge is 2.40. The Morgan fingerprint density at radius 2 is 2.00 bits per heavy atom. The summed E-state index contributed by atoms with van der Waals surface area (Å²) in [5.74, 6) is 0.697. The molecule has 6 heteroatoms. The number of rotatable bonds is 4. The molecule has 1 saturated heterocycles. The summed E-state index contributed by atoms with van der Waals surface area (Å²) in [5.41, 5.74) is 0.182. The van der Waals surface area contributed by atoms with Crippen molar-refractivity contribution in [2.45, 2.75) is 38.0 Å².